The van der Waals surface area contributed by atoms with Crippen molar-refractivity contribution in [2.75, 3.05) is 16.8 Å². The standard InChI is InChI=1S/C11H14N2OS/c12-11(14)8-1-3-9(4-2-8)13-10-5-6-15-7-10/h1-4,10,13H,5-7H2,(H2,12,14). The molecule has 15 heavy (non-hydrogen) atoms. The average molecular weight is 222 g/mol. The molecule has 0 radical (unpaired) electrons. The molecule has 0 bridgehead atoms. The number of hydrogen-bond acceptors (Lipinski definition) is 3. The third-order valence-electron chi connectivity index (χ3n) is 2.47. The Kier molecular flexibility index (Phi) is 3.16. The van der Waals surface area contributed by atoms with Gasteiger partial charge in [0.25, 0.3) is 0 Å². The molecule has 2 rings (SSSR count). The lowest BCUT2D eigenvalue weighted by atomic mass is 10.2. The molecule has 1 unspecified atom stereocenters. The molecule has 3 N–H and O–H groups in total. The van der Waals surface area contributed by atoms with Gasteiger partial charge < -0.3 is 11.1 Å². The molecule has 3 nitrogen and oxygen atoms in total. The summed E-state index contributed by atoms with van der Waals surface area (Å²) in [6.45, 7) is 0. The summed E-state index contributed by atoms with van der Waals surface area (Å²) in [4.78, 5) is 10.9. The summed E-state index contributed by atoms with van der Waals surface area (Å²) in [5.41, 5.74) is 6.78. The molecular weight excluding hydrogens is 208 g/mol. The number of thioether (sulfide) groups is 1. The second-order valence-corrected chi connectivity index (χ2v) is 4.80. The van der Waals surface area contributed by atoms with Crippen molar-refractivity contribution in [3.05, 3.63) is 29.8 Å². The van der Waals surface area contributed by atoms with Gasteiger partial charge in [-0.25, -0.2) is 0 Å². The van der Waals surface area contributed by atoms with E-state index in [1.165, 1.54) is 12.2 Å². The van der Waals surface area contributed by atoms with Crippen LogP contribution in [0.4, 0.5) is 5.69 Å². The zero-order chi connectivity index (χ0) is 10.7. The quantitative estimate of drug-likeness (QED) is 0.818. The fourth-order valence-electron chi connectivity index (χ4n) is 1.61. The predicted octanol–water partition coefficient (Wildman–Crippen LogP) is 1.70. The second kappa shape index (κ2) is 4.57. The van der Waals surface area contributed by atoms with Gasteiger partial charge in [0.1, 0.15) is 0 Å². The minimum absolute atomic E-state index is 0.377. The number of carbonyl (C=O) groups is 1. The van der Waals surface area contributed by atoms with Gasteiger partial charge in [-0.15, -0.1) is 0 Å². The lowest BCUT2D eigenvalue weighted by molar-refractivity contribution is 0.100. The van der Waals surface area contributed by atoms with Gasteiger partial charge in [-0.1, -0.05) is 0 Å². The summed E-state index contributed by atoms with van der Waals surface area (Å²) in [5, 5.41) is 3.43. The van der Waals surface area contributed by atoms with E-state index in [2.05, 4.69) is 5.32 Å². The molecule has 1 saturated heterocycles. The Morgan fingerprint density at radius 1 is 1.40 bits per heavy atom. The molecule has 1 aromatic carbocycles. The maximum absolute atomic E-state index is 10.9. The Balaban J connectivity index is 2.00. The highest BCUT2D eigenvalue weighted by molar-refractivity contribution is 7.99. The molecule has 80 valence electrons. The Morgan fingerprint density at radius 3 is 2.67 bits per heavy atom. The largest absolute Gasteiger partial charge is 0.381 e. The first kappa shape index (κ1) is 10.4. The monoisotopic (exact) mass is 222 g/mol. The highest BCUT2D eigenvalue weighted by Crippen LogP contribution is 2.21. The van der Waals surface area contributed by atoms with Gasteiger partial charge >= 0.3 is 0 Å². The number of anilines is 1. The van der Waals surface area contributed by atoms with E-state index in [1.807, 2.05) is 23.9 Å². The van der Waals surface area contributed by atoms with Crippen LogP contribution >= 0.6 is 11.8 Å². The zero-order valence-corrected chi connectivity index (χ0v) is 9.22. The molecule has 1 aliphatic rings. The number of nitrogens with two attached hydrogens (primary N) is 1. The van der Waals surface area contributed by atoms with E-state index >= 15 is 0 Å². The third kappa shape index (κ3) is 2.65. The van der Waals surface area contributed by atoms with Crippen LogP contribution in [0.1, 0.15) is 16.8 Å². The van der Waals surface area contributed by atoms with Crippen LogP contribution in [0.3, 0.4) is 0 Å². The molecule has 1 amide bonds. The minimum Gasteiger partial charge on any atom is -0.381 e. The topological polar surface area (TPSA) is 55.1 Å². The molecule has 1 aromatic rings. The Hall–Kier alpha value is -1.16. The molecule has 1 atom stereocenters. The van der Waals surface area contributed by atoms with Gasteiger partial charge in [-0.2, -0.15) is 11.8 Å². The van der Waals surface area contributed by atoms with Gasteiger partial charge in [-0.3, -0.25) is 4.79 Å². The van der Waals surface area contributed by atoms with Gasteiger partial charge in [0.05, 0.1) is 0 Å². The first-order valence-electron chi connectivity index (χ1n) is 5.00. The number of benzene rings is 1. The van der Waals surface area contributed by atoms with Crippen LogP contribution in [0.5, 0.6) is 0 Å². The van der Waals surface area contributed by atoms with Crippen molar-refractivity contribution in [2.45, 2.75) is 12.5 Å². The molecule has 1 heterocycles. The van der Waals surface area contributed by atoms with E-state index in [0.29, 0.717) is 11.6 Å². The molecule has 0 saturated carbocycles. The van der Waals surface area contributed by atoms with Gasteiger partial charge in [0.15, 0.2) is 0 Å². The van der Waals surface area contributed by atoms with E-state index in [-0.39, 0.29) is 5.91 Å². The Bertz CT molecular complexity index is 344. The SMILES string of the molecule is NC(=O)c1ccc(NC2CCSC2)cc1. The van der Waals surface area contributed by atoms with Crippen molar-refractivity contribution in [1.29, 1.82) is 0 Å². The van der Waals surface area contributed by atoms with E-state index in [1.54, 1.807) is 12.1 Å². The first-order valence-corrected chi connectivity index (χ1v) is 6.15. The smallest absolute Gasteiger partial charge is 0.248 e. The molecular formula is C11H14N2OS. The first-order chi connectivity index (χ1) is 7.25. The Morgan fingerprint density at radius 2 is 2.13 bits per heavy atom. The van der Waals surface area contributed by atoms with Crippen LogP contribution in [-0.4, -0.2) is 23.5 Å². The van der Waals surface area contributed by atoms with Gasteiger partial charge in [0, 0.05) is 23.0 Å². The van der Waals surface area contributed by atoms with Gasteiger partial charge in [0.2, 0.25) is 5.91 Å². The highest BCUT2D eigenvalue weighted by atomic mass is 32.2. The molecule has 0 aliphatic carbocycles. The fraction of sp³-hybridized carbons (Fsp3) is 0.364. The van der Waals surface area contributed by atoms with Crippen molar-refractivity contribution in [1.82, 2.24) is 0 Å². The third-order valence-corrected chi connectivity index (χ3v) is 3.63. The molecule has 1 aliphatic heterocycles. The van der Waals surface area contributed by atoms with E-state index in [0.717, 1.165) is 11.4 Å². The van der Waals surface area contributed by atoms with E-state index < -0.39 is 0 Å². The zero-order valence-electron chi connectivity index (χ0n) is 8.40. The molecule has 1 fully saturated rings. The van der Waals surface area contributed by atoms with Gasteiger partial charge in [-0.05, 0) is 36.4 Å². The average Bonchev–Trinajstić information content (AvgIpc) is 2.71. The van der Waals surface area contributed by atoms with Crippen molar-refractivity contribution in [3.8, 4) is 0 Å². The minimum atomic E-state index is -0.377. The summed E-state index contributed by atoms with van der Waals surface area (Å²) in [5.74, 6) is 2.02. The van der Waals surface area contributed by atoms with Crippen molar-refractivity contribution >= 4 is 23.4 Å². The maximum atomic E-state index is 10.9. The Labute approximate surface area is 93.4 Å². The van der Waals surface area contributed by atoms with Crippen LogP contribution in [-0.2, 0) is 0 Å². The summed E-state index contributed by atoms with van der Waals surface area (Å²) in [6.07, 6.45) is 1.21. The number of hydrogen-bond donors (Lipinski definition) is 2. The number of nitrogens with one attached hydrogen (secondary N) is 1. The fourth-order valence-corrected chi connectivity index (χ4v) is 2.77. The van der Waals surface area contributed by atoms with E-state index in [4.69, 9.17) is 5.73 Å². The predicted molar refractivity (Wildman–Crippen MR) is 64.3 cm³/mol. The van der Waals surface area contributed by atoms with Crippen LogP contribution < -0.4 is 11.1 Å². The second-order valence-electron chi connectivity index (χ2n) is 3.65. The summed E-state index contributed by atoms with van der Waals surface area (Å²) in [6, 6.07) is 7.89. The number of carbonyl (C=O) groups excluding carboxylic acids is 1. The van der Waals surface area contributed by atoms with Crippen molar-refractivity contribution in [2.24, 2.45) is 5.73 Å². The molecule has 0 aromatic heterocycles. The number of amides is 1. The summed E-state index contributed by atoms with van der Waals surface area (Å²) < 4.78 is 0. The van der Waals surface area contributed by atoms with Crippen LogP contribution in [0, 0.1) is 0 Å². The highest BCUT2D eigenvalue weighted by Gasteiger charge is 2.14. The van der Waals surface area contributed by atoms with Crippen LogP contribution in [0.15, 0.2) is 24.3 Å². The number of rotatable bonds is 3. The summed E-state index contributed by atoms with van der Waals surface area (Å²) in [7, 11) is 0. The van der Waals surface area contributed by atoms with Crippen LogP contribution in [0.25, 0.3) is 0 Å². The maximum Gasteiger partial charge on any atom is 0.248 e. The van der Waals surface area contributed by atoms with E-state index in [9.17, 15) is 4.79 Å². The lowest BCUT2D eigenvalue weighted by Gasteiger charge is -2.12. The normalized spacial score (nSPS) is 20.1. The molecule has 0 spiro atoms. The number of primary amides is 1. The van der Waals surface area contributed by atoms with Crippen molar-refractivity contribution < 1.29 is 4.79 Å². The summed E-state index contributed by atoms with van der Waals surface area (Å²) >= 11 is 1.97. The molecule has 4 heteroatoms. The van der Waals surface area contributed by atoms with Crippen LogP contribution in [0.2, 0.25) is 0 Å². The lowest BCUT2D eigenvalue weighted by Crippen LogP contribution is -2.18. The van der Waals surface area contributed by atoms with Crippen molar-refractivity contribution in [3.63, 3.8) is 0 Å².